The van der Waals surface area contributed by atoms with E-state index in [-0.39, 0.29) is 0 Å². The molecule has 0 spiro atoms. The molecule has 0 aliphatic heterocycles. The Morgan fingerprint density at radius 3 is 2.62 bits per heavy atom. The van der Waals surface area contributed by atoms with Gasteiger partial charge in [-0.05, 0) is 24.1 Å². The van der Waals surface area contributed by atoms with Crippen molar-refractivity contribution in [3.63, 3.8) is 0 Å². The van der Waals surface area contributed by atoms with E-state index in [2.05, 4.69) is 66.5 Å². The number of aromatic nitrogens is 3. The molecule has 2 aromatic carbocycles. The van der Waals surface area contributed by atoms with Crippen LogP contribution in [-0.4, -0.2) is 14.6 Å². The first kappa shape index (κ1) is 15.0. The summed E-state index contributed by atoms with van der Waals surface area (Å²) >= 11 is 1.74. The maximum Gasteiger partial charge on any atom is 0.122 e. The summed E-state index contributed by atoms with van der Waals surface area (Å²) < 4.78 is 1.92. The molecule has 4 aromatic rings. The van der Waals surface area contributed by atoms with Gasteiger partial charge in [0.25, 0.3) is 0 Å². The number of thioether (sulfide) groups is 1. The average Bonchev–Trinajstić information content (AvgIpc) is 3.06. The maximum absolute atomic E-state index is 4.72. The van der Waals surface area contributed by atoms with Crippen LogP contribution in [0.25, 0.3) is 16.8 Å². The van der Waals surface area contributed by atoms with Crippen LogP contribution in [0.4, 0.5) is 0 Å². The molecule has 0 bridgehead atoms. The van der Waals surface area contributed by atoms with Gasteiger partial charge in [-0.1, -0.05) is 66.4 Å². The molecule has 2 aromatic heterocycles. The highest BCUT2D eigenvalue weighted by Gasteiger charge is 2.11. The zero-order valence-corrected chi connectivity index (χ0v) is 14.2. The van der Waals surface area contributed by atoms with E-state index in [9.17, 15) is 0 Å². The standard InChI is InChI=1S/C20H17N3S/c1-15-7-5-6-10-17(15)18-13-19-20(21-11-12-23(19)22-18)24-14-16-8-3-2-4-9-16/h2-13H,14H2,1H3. The van der Waals surface area contributed by atoms with E-state index < -0.39 is 0 Å². The van der Waals surface area contributed by atoms with E-state index in [1.165, 1.54) is 16.7 Å². The summed E-state index contributed by atoms with van der Waals surface area (Å²) in [6, 6.07) is 20.9. The number of rotatable bonds is 4. The molecule has 0 unspecified atom stereocenters. The zero-order valence-electron chi connectivity index (χ0n) is 13.4. The first-order chi connectivity index (χ1) is 11.8. The Bertz CT molecular complexity index is 977. The fourth-order valence-electron chi connectivity index (χ4n) is 2.73. The van der Waals surface area contributed by atoms with Gasteiger partial charge in [0.05, 0.1) is 11.2 Å². The van der Waals surface area contributed by atoms with E-state index in [1.807, 2.05) is 23.0 Å². The molecule has 0 atom stereocenters. The van der Waals surface area contributed by atoms with Crippen molar-refractivity contribution in [1.82, 2.24) is 14.6 Å². The molecule has 0 saturated heterocycles. The van der Waals surface area contributed by atoms with Crippen LogP contribution < -0.4 is 0 Å². The van der Waals surface area contributed by atoms with Crippen LogP contribution in [-0.2, 0) is 5.75 Å². The van der Waals surface area contributed by atoms with E-state index >= 15 is 0 Å². The summed E-state index contributed by atoms with van der Waals surface area (Å²) in [5.41, 5.74) is 5.73. The molecule has 3 nitrogen and oxygen atoms in total. The average molecular weight is 331 g/mol. The van der Waals surface area contributed by atoms with Gasteiger partial charge in [0.15, 0.2) is 0 Å². The highest BCUT2D eigenvalue weighted by atomic mass is 32.2. The Hall–Kier alpha value is -2.59. The lowest BCUT2D eigenvalue weighted by Crippen LogP contribution is -1.91. The van der Waals surface area contributed by atoms with Gasteiger partial charge >= 0.3 is 0 Å². The molecule has 0 fully saturated rings. The molecule has 0 aliphatic carbocycles. The lowest BCUT2D eigenvalue weighted by Gasteiger charge is -2.02. The second-order valence-corrected chi connectivity index (χ2v) is 6.65. The van der Waals surface area contributed by atoms with Crippen molar-refractivity contribution in [2.45, 2.75) is 17.7 Å². The minimum absolute atomic E-state index is 0.901. The van der Waals surface area contributed by atoms with E-state index in [0.29, 0.717) is 0 Å². The number of benzene rings is 2. The minimum Gasteiger partial charge on any atom is -0.246 e. The van der Waals surface area contributed by atoms with Crippen molar-refractivity contribution in [1.29, 1.82) is 0 Å². The largest absolute Gasteiger partial charge is 0.246 e. The Balaban J connectivity index is 1.69. The van der Waals surface area contributed by atoms with Crippen LogP contribution in [0.2, 0.25) is 0 Å². The summed E-state index contributed by atoms with van der Waals surface area (Å²) in [5, 5.41) is 5.73. The molecule has 0 saturated carbocycles. The first-order valence-corrected chi connectivity index (χ1v) is 8.87. The van der Waals surface area contributed by atoms with Crippen LogP contribution in [0, 0.1) is 6.92 Å². The van der Waals surface area contributed by atoms with Gasteiger partial charge in [0, 0.05) is 23.7 Å². The van der Waals surface area contributed by atoms with Crippen molar-refractivity contribution < 1.29 is 0 Å². The van der Waals surface area contributed by atoms with E-state index in [4.69, 9.17) is 5.10 Å². The zero-order chi connectivity index (χ0) is 16.4. The quantitative estimate of drug-likeness (QED) is 0.493. The molecule has 4 heteroatoms. The number of fused-ring (bicyclic) bond motifs is 1. The fourth-order valence-corrected chi connectivity index (χ4v) is 3.66. The number of hydrogen-bond acceptors (Lipinski definition) is 3. The summed E-state index contributed by atoms with van der Waals surface area (Å²) in [7, 11) is 0. The van der Waals surface area contributed by atoms with Crippen LogP contribution >= 0.6 is 11.8 Å². The molecule has 0 amide bonds. The molecule has 0 radical (unpaired) electrons. The van der Waals surface area contributed by atoms with Gasteiger partial charge in [-0.2, -0.15) is 5.10 Å². The third kappa shape index (κ3) is 2.93. The molecular weight excluding hydrogens is 314 g/mol. The summed E-state index contributed by atoms with van der Waals surface area (Å²) in [6.45, 7) is 2.11. The van der Waals surface area contributed by atoms with Crippen LogP contribution in [0.1, 0.15) is 11.1 Å². The molecule has 0 aliphatic rings. The van der Waals surface area contributed by atoms with Gasteiger partial charge in [-0.25, -0.2) is 9.50 Å². The molecule has 118 valence electrons. The van der Waals surface area contributed by atoms with E-state index in [0.717, 1.165) is 22.0 Å². The number of aryl methyl sites for hydroxylation is 1. The van der Waals surface area contributed by atoms with Gasteiger partial charge in [-0.3, -0.25) is 0 Å². The highest BCUT2D eigenvalue weighted by Crippen LogP contribution is 2.29. The van der Waals surface area contributed by atoms with Crippen molar-refractivity contribution in [3.8, 4) is 11.3 Å². The predicted octanol–water partition coefficient (Wildman–Crippen LogP) is 5.00. The van der Waals surface area contributed by atoms with Crippen LogP contribution in [0.15, 0.2) is 78.1 Å². The summed E-state index contributed by atoms with van der Waals surface area (Å²) in [5.74, 6) is 0.901. The Morgan fingerprint density at radius 1 is 1.00 bits per heavy atom. The smallest absolute Gasteiger partial charge is 0.122 e. The molecule has 0 N–H and O–H groups in total. The second kappa shape index (κ2) is 6.49. The topological polar surface area (TPSA) is 30.2 Å². The molecule has 24 heavy (non-hydrogen) atoms. The fraction of sp³-hybridized carbons (Fsp3) is 0.100. The summed E-state index contributed by atoms with van der Waals surface area (Å²) in [4.78, 5) is 4.55. The highest BCUT2D eigenvalue weighted by molar-refractivity contribution is 7.98. The maximum atomic E-state index is 4.72. The van der Waals surface area contributed by atoms with Crippen molar-refractivity contribution in [2.24, 2.45) is 0 Å². The predicted molar refractivity (Wildman–Crippen MR) is 99.2 cm³/mol. The van der Waals surface area contributed by atoms with Gasteiger partial charge in [-0.15, -0.1) is 0 Å². The monoisotopic (exact) mass is 331 g/mol. The Morgan fingerprint density at radius 2 is 1.79 bits per heavy atom. The number of hydrogen-bond donors (Lipinski definition) is 0. The third-order valence-electron chi connectivity index (χ3n) is 3.99. The number of nitrogens with zero attached hydrogens (tertiary/aromatic N) is 3. The van der Waals surface area contributed by atoms with E-state index in [1.54, 1.807) is 11.8 Å². The van der Waals surface area contributed by atoms with Crippen molar-refractivity contribution >= 4 is 17.3 Å². The Kier molecular flexibility index (Phi) is 4.05. The van der Waals surface area contributed by atoms with Crippen molar-refractivity contribution in [3.05, 3.63) is 84.2 Å². The van der Waals surface area contributed by atoms with Gasteiger partial charge in [0.2, 0.25) is 0 Å². The molecular formula is C20H17N3S. The third-order valence-corrected chi connectivity index (χ3v) is 5.06. The first-order valence-electron chi connectivity index (χ1n) is 7.88. The lowest BCUT2D eigenvalue weighted by molar-refractivity contribution is 0.920. The van der Waals surface area contributed by atoms with Gasteiger partial charge < -0.3 is 0 Å². The van der Waals surface area contributed by atoms with Gasteiger partial charge in [0.1, 0.15) is 5.03 Å². The second-order valence-electron chi connectivity index (χ2n) is 5.68. The van der Waals surface area contributed by atoms with Crippen molar-refractivity contribution in [2.75, 3.05) is 0 Å². The minimum atomic E-state index is 0.901. The lowest BCUT2D eigenvalue weighted by atomic mass is 10.1. The molecule has 4 rings (SSSR count). The molecule has 2 heterocycles. The Labute approximate surface area is 145 Å². The SMILES string of the molecule is Cc1ccccc1-c1cc2c(SCc3ccccc3)nccn2n1. The van der Waals surface area contributed by atoms with Crippen LogP contribution in [0.3, 0.4) is 0 Å². The van der Waals surface area contributed by atoms with Crippen LogP contribution in [0.5, 0.6) is 0 Å². The normalized spacial score (nSPS) is 11.0. The summed E-state index contributed by atoms with van der Waals surface area (Å²) in [6.07, 6.45) is 3.72.